The van der Waals surface area contributed by atoms with E-state index in [1.165, 1.54) is 30.4 Å². The molecule has 2 aromatic rings. The molecule has 5 atom stereocenters. The van der Waals surface area contributed by atoms with Crippen LogP contribution >= 0.6 is 0 Å². The molecular weight excluding hydrogens is 588 g/mol. The van der Waals surface area contributed by atoms with Gasteiger partial charge in [-0.1, -0.05) is 40.0 Å². The third-order valence-corrected chi connectivity index (χ3v) is 11.0. The Balaban J connectivity index is 1.54. The molecule has 3 unspecified atom stereocenters. The van der Waals surface area contributed by atoms with Gasteiger partial charge in [-0.2, -0.15) is 0 Å². The first-order chi connectivity index (χ1) is 22.7. The average Bonchev–Trinajstić information content (AvgIpc) is 3.80. The summed E-state index contributed by atoms with van der Waals surface area (Å²) in [6, 6.07) is -0.112. The van der Waals surface area contributed by atoms with Crippen LogP contribution in [-0.2, 0) is 14.3 Å². The highest BCUT2D eigenvalue weighted by molar-refractivity contribution is 6.23. The molecule has 47 heavy (non-hydrogen) atoms. The zero-order valence-corrected chi connectivity index (χ0v) is 29.1. The van der Waals surface area contributed by atoms with E-state index in [1.54, 1.807) is 0 Å². The zero-order valence-electron chi connectivity index (χ0n) is 29.1. The lowest BCUT2D eigenvalue weighted by Crippen LogP contribution is -2.28. The summed E-state index contributed by atoms with van der Waals surface area (Å²) in [5, 5.41) is 2.03. The molecule has 0 saturated heterocycles. The number of carbonyl (C=O) groups is 2. The molecule has 6 rings (SSSR count). The molecule has 4 aliphatic rings. The summed E-state index contributed by atoms with van der Waals surface area (Å²) in [4.78, 5) is 42.6. The molecule has 0 fully saturated rings. The monoisotopic (exact) mass is 638 g/mol. The van der Waals surface area contributed by atoms with Gasteiger partial charge in [0.2, 0.25) is 0 Å². The molecule has 0 radical (unpaired) electrons. The number of unbranched alkanes of at least 4 members (excludes halogenated alkanes) is 3. The fraction of sp³-hybridized carbons (Fsp3) is 0.538. The number of ketones is 1. The van der Waals surface area contributed by atoms with E-state index in [9.17, 15) is 9.59 Å². The highest BCUT2D eigenvalue weighted by atomic mass is 16.5. The Hall–Kier alpha value is -3.78. The number of Topliss-reactive ketones (excluding diaryl/α,β-unsaturated/α-hetero) is 1. The van der Waals surface area contributed by atoms with Crippen LogP contribution < -0.4 is 10.7 Å². The summed E-state index contributed by atoms with van der Waals surface area (Å²) in [6.07, 6.45) is 13.0. The predicted molar refractivity (Wildman–Crippen MR) is 188 cm³/mol. The van der Waals surface area contributed by atoms with Crippen LogP contribution in [0, 0.1) is 25.7 Å². The Labute approximate surface area is 278 Å². The Morgan fingerprint density at radius 1 is 1.02 bits per heavy atom. The number of hydrogen-bond acceptors (Lipinski definition) is 6. The maximum atomic E-state index is 13.6. The maximum absolute atomic E-state index is 13.6. The van der Waals surface area contributed by atoms with Gasteiger partial charge in [0.15, 0.2) is 5.78 Å². The van der Waals surface area contributed by atoms with Gasteiger partial charge in [-0.25, -0.2) is 4.99 Å². The van der Waals surface area contributed by atoms with Crippen molar-refractivity contribution in [2.75, 3.05) is 13.2 Å². The number of aromatic amines is 2. The molecule has 1 aliphatic carbocycles. The third-order valence-electron chi connectivity index (χ3n) is 11.0. The van der Waals surface area contributed by atoms with Crippen molar-refractivity contribution in [3.63, 3.8) is 0 Å². The molecule has 0 amide bonds. The molecule has 5 heterocycles. The molecule has 0 spiro atoms. The van der Waals surface area contributed by atoms with Crippen molar-refractivity contribution in [3.8, 4) is 0 Å². The summed E-state index contributed by atoms with van der Waals surface area (Å²) >= 11 is 0. The van der Waals surface area contributed by atoms with Gasteiger partial charge >= 0.3 is 0 Å². The van der Waals surface area contributed by atoms with Crippen molar-refractivity contribution in [3.05, 3.63) is 61.2 Å². The normalized spacial score (nSPS) is 26.3. The van der Waals surface area contributed by atoms with Crippen LogP contribution in [-0.4, -0.2) is 52.9 Å². The number of carbonyl (C=O) groups excluding carboxylic acids is 2. The van der Waals surface area contributed by atoms with E-state index in [1.807, 2.05) is 6.92 Å². The van der Waals surface area contributed by atoms with Crippen molar-refractivity contribution in [2.24, 2.45) is 21.8 Å². The number of nitrogens with zero attached hydrogens (tertiary/aromatic N) is 2. The van der Waals surface area contributed by atoms with Gasteiger partial charge in [0.1, 0.15) is 0 Å². The highest BCUT2D eigenvalue weighted by Gasteiger charge is 2.46. The van der Waals surface area contributed by atoms with E-state index >= 15 is 0 Å². The van der Waals surface area contributed by atoms with Crippen molar-refractivity contribution in [1.29, 1.82) is 0 Å². The number of aromatic nitrogens is 2. The number of ether oxygens (including phenoxy) is 2. The van der Waals surface area contributed by atoms with Crippen LogP contribution in [0.25, 0.3) is 18.2 Å². The Kier molecular flexibility index (Phi) is 9.70. The predicted octanol–water partition coefficient (Wildman–Crippen LogP) is 6.72. The molecule has 8 nitrogen and oxygen atoms in total. The lowest BCUT2D eigenvalue weighted by atomic mass is 9.79. The topological polar surface area (TPSA) is 109 Å². The van der Waals surface area contributed by atoms with Crippen molar-refractivity contribution >= 4 is 41.9 Å². The number of rotatable bonds is 12. The number of hydrogen-bond donors (Lipinski definition) is 2. The lowest BCUT2D eigenvalue weighted by molar-refractivity contribution is -0.129. The van der Waals surface area contributed by atoms with E-state index < -0.39 is 0 Å². The molecule has 8 heteroatoms. The second kappa shape index (κ2) is 13.8. The Morgan fingerprint density at radius 2 is 1.83 bits per heavy atom. The van der Waals surface area contributed by atoms with Gasteiger partial charge in [0.05, 0.1) is 30.2 Å². The van der Waals surface area contributed by atoms with Gasteiger partial charge in [-0.15, -0.1) is 0 Å². The molecule has 2 N–H and O–H groups in total. The maximum Gasteiger partial charge on any atom is 0.293 e. The van der Waals surface area contributed by atoms with Crippen molar-refractivity contribution < 1.29 is 19.1 Å². The second-order valence-electron chi connectivity index (χ2n) is 13.8. The van der Waals surface area contributed by atoms with Gasteiger partial charge in [-0.05, 0) is 93.4 Å². The van der Waals surface area contributed by atoms with Gasteiger partial charge in [0.25, 0.3) is 6.47 Å². The molecule has 0 aromatic carbocycles. The fourth-order valence-electron chi connectivity index (χ4n) is 8.31. The van der Waals surface area contributed by atoms with Gasteiger partial charge in [0, 0.05) is 63.8 Å². The van der Waals surface area contributed by atoms with Crippen LogP contribution in [0.15, 0.2) is 26.8 Å². The molecular formula is C39H50N4O4. The Morgan fingerprint density at radius 3 is 2.57 bits per heavy atom. The van der Waals surface area contributed by atoms with Crippen molar-refractivity contribution in [2.45, 2.75) is 111 Å². The quantitative estimate of drug-likeness (QED) is 0.199. The smallest absolute Gasteiger partial charge is 0.293 e. The van der Waals surface area contributed by atoms with Crippen LogP contribution in [0.5, 0.6) is 0 Å². The molecule has 8 bridgehead atoms. The highest BCUT2D eigenvalue weighted by Crippen LogP contribution is 2.46. The van der Waals surface area contributed by atoms with E-state index in [0.717, 1.165) is 80.9 Å². The third kappa shape index (κ3) is 6.05. The van der Waals surface area contributed by atoms with Crippen molar-refractivity contribution in [1.82, 2.24) is 9.97 Å². The number of aliphatic imine (C=N–C) groups is 2. The average molecular weight is 639 g/mol. The minimum absolute atomic E-state index is 0.0678. The number of nitrogens with one attached hydrogen (secondary N) is 2. The standard InChI is InChI=1S/C39H50N4O4/c1-8-10-11-12-14-47-25(7)36-23(5)31-17-30-22(4)27(13-15-46-20-44)38(42-30)28-16-35(45)37-24(6)32(43-39(28)37)18-33-26(9-2)21(3)29(40-33)19-34(36)41-31/h17-20,22,25,27-28,38,41,43H,8-16H2,1-7H3/b31-17-,33-18-,34-19-/t22-,25?,27-,28?,38?/m0/s1. The number of fused-ring (bicyclic) bond motifs is 6. The van der Waals surface area contributed by atoms with Gasteiger partial charge < -0.3 is 19.4 Å². The first-order valence-corrected chi connectivity index (χ1v) is 17.6. The first-order valence-electron chi connectivity index (χ1n) is 17.6. The molecule has 0 saturated carbocycles. The van der Waals surface area contributed by atoms with E-state index in [2.05, 4.69) is 69.7 Å². The zero-order chi connectivity index (χ0) is 33.4. The largest absolute Gasteiger partial charge is 0.468 e. The minimum atomic E-state index is -0.112. The summed E-state index contributed by atoms with van der Waals surface area (Å²) in [6.45, 7) is 16.7. The molecule has 3 aliphatic heterocycles. The van der Waals surface area contributed by atoms with Crippen LogP contribution in [0.1, 0.15) is 130 Å². The van der Waals surface area contributed by atoms with E-state index in [-0.39, 0.29) is 35.7 Å². The fourth-order valence-corrected chi connectivity index (χ4v) is 8.31. The Bertz CT molecular complexity index is 1820. The van der Waals surface area contributed by atoms with Crippen LogP contribution in [0.3, 0.4) is 0 Å². The first kappa shape index (κ1) is 33.1. The summed E-state index contributed by atoms with van der Waals surface area (Å²) in [5.41, 5.74) is 11.3. The molecule has 2 aromatic heterocycles. The van der Waals surface area contributed by atoms with Gasteiger partial charge in [-0.3, -0.25) is 14.6 Å². The SMILES string of the molecule is CCCCCCOC(C)c1c(C)/c2[nH]/c1=C\C1=NC(=C\c3[nH]c4c(c3C)C(=O)CC4C3N=C(\C=2)[C@@H](C)[C@@H]3CCOC=O)/C(CC)=C1C. The summed E-state index contributed by atoms with van der Waals surface area (Å²) in [7, 11) is 0. The van der Waals surface area contributed by atoms with Crippen LogP contribution in [0.2, 0.25) is 0 Å². The van der Waals surface area contributed by atoms with E-state index in [4.69, 9.17) is 19.5 Å². The lowest BCUT2D eigenvalue weighted by Gasteiger charge is -2.26. The summed E-state index contributed by atoms with van der Waals surface area (Å²) < 4.78 is 11.6. The summed E-state index contributed by atoms with van der Waals surface area (Å²) in [5.74, 6) is 0.334. The molecule has 250 valence electrons. The minimum Gasteiger partial charge on any atom is -0.468 e. The second-order valence-corrected chi connectivity index (χ2v) is 13.8. The van der Waals surface area contributed by atoms with E-state index in [0.29, 0.717) is 25.9 Å². The number of allylic oxidation sites excluding steroid dienone is 2. The number of H-pyrrole nitrogens is 2. The van der Waals surface area contributed by atoms with Crippen LogP contribution in [0.4, 0.5) is 0 Å².